The summed E-state index contributed by atoms with van der Waals surface area (Å²) in [5.74, 6) is 1.12. The van der Waals surface area contributed by atoms with Crippen LogP contribution in [0.3, 0.4) is 0 Å². The van der Waals surface area contributed by atoms with Crippen LogP contribution in [0.5, 0.6) is 0 Å². The van der Waals surface area contributed by atoms with Gasteiger partial charge in [-0.1, -0.05) is 64.3 Å². The second kappa shape index (κ2) is 10.4. The molecule has 3 nitrogen and oxygen atoms in total. The summed E-state index contributed by atoms with van der Waals surface area (Å²) in [6.07, 6.45) is 5.79. The predicted molar refractivity (Wildman–Crippen MR) is 93.3 cm³/mol. The highest BCUT2D eigenvalue weighted by molar-refractivity contribution is 5.78. The summed E-state index contributed by atoms with van der Waals surface area (Å²) in [5.41, 5.74) is 7.82. The molecule has 1 aliphatic carbocycles. The molecule has 0 saturated heterocycles. The van der Waals surface area contributed by atoms with Crippen molar-refractivity contribution in [2.24, 2.45) is 17.6 Å². The minimum atomic E-state index is 0.215. The molecular formula is C19H32N2O. The van der Waals surface area contributed by atoms with Crippen LogP contribution in [0.2, 0.25) is 0 Å². The number of carbonyl (C=O) groups is 1. The molecule has 2 rings (SSSR count). The van der Waals surface area contributed by atoms with Crippen LogP contribution in [0.25, 0.3) is 0 Å². The first-order valence-electron chi connectivity index (χ1n) is 8.66. The third kappa shape index (κ3) is 6.61. The number of nitrogens with one attached hydrogen (secondary N) is 1. The zero-order chi connectivity index (χ0) is 16.4. The summed E-state index contributed by atoms with van der Waals surface area (Å²) < 4.78 is 0. The molecule has 22 heavy (non-hydrogen) atoms. The van der Waals surface area contributed by atoms with Crippen LogP contribution in [-0.4, -0.2) is 5.91 Å². The molecule has 1 amide bonds. The summed E-state index contributed by atoms with van der Waals surface area (Å²) in [4.78, 5) is 12.1. The first kappa shape index (κ1) is 18.7. The van der Waals surface area contributed by atoms with Gasteiger partial charge >= 0.3 is 0 Å². The Morgan fingerprint density at radius 2 is 1.77 bits per heavy atom. The van der Waals surface area contributed by atoms with Gasteiger partial charge in [-0.15, -0.1) is 0 Å². The summed E-state index contributed by atoms with van der Waals surface area (Å²) in [5, 5.41) is 3.06. The highest BCUT2D eigenvalue weighted by Gasteiger charge is 2.24. The van der Waals surface area contributed by atoms with Gasteiger partial charge in [-0.25, -0.2) is 0 Å². The minimum absolute atomic E-state index is 0.215. The summed E-state index contributed by atoms with van der Waals surface area (Å²) in [6, 6.07) is 8.10. The smallest absolute Gasteiger partial charge is 0.223 e. The van der Waals surface area contributed by atoms with Gasteiger partial charge in [0.15, 0.2) is 0 Å². The molecule has 1 saturated carbocycles. The molecule has 1 aromatic rings. The molecule has 3 heteroatoms. The maximum atomic E-state index is 12.1. The van der Waals surface area contributed by atoms with Crippen molar-refractivity contribution in [2.45, 2.75) is 66.0 Å². The first-order chi connectivity index (χ1) is 10.6. The average molecular weight is 304 g/mol. The fourth-order valence-electron chi connectivity index (χ4n) is 2.80. The minimum Gasteiger partial charge on any atom is -0.352 e. The van der Waals surface area contributed by atoms with Crippen molar-refractivity contribution < 1.29 is 4.79 Å². The number of amides is 1. The molecule has 1 aliphatic rings. The van der Waals surface area contributed by atoms with Gasteiger partial charge in [-0.3, -0.25) is 4.79 Å². The molecule has 0 radical (unpaired) electrons. The molecule has 0 bridgehead atoms. The van der Waals surface area contributed by atoms with E-state index in [2.05, 4.69) is 26.1 Å². The molecule has 3 N–H and O–H groups in total. The van der Waals surface area contributed by atoms with Crippen molar-refractivity contribution in [3.63, 3.8) is 0 Å². The van der Waals surface area contributed by atoms with Crippen LogP contribution in [0.1, 0.15) is 64.0 Å². The Hall–Kier alpha value is -1.35. The Labute approximate surface area is 135 Å². The molecule has 0 heterocycles. The van der Waals surface area contributed by atoms with Crippen LogP contribution in [0.15, 0.2) is 24.3 Å². The highest BCUT2D eigenvalue weighted by atomic mass is 16.1. The fraction of sp³-hybridized carbons (Fsp3) is 0.632. The number of carbonyl (C=O) groups excluding carboxylic acids is 1. The number of benzene rings is 1. The number of rotatable bonds is 4. The van der Waals surface area contributed by atoms with Gasteiger partial charge in [0, 0.05) is 19.0 Å². The Balaban J connectivity index is 0.000000745. The number of hydrogen-bond acceptors (Lipinski definition) is 2. The van der Waals surface area contributed by atoms with E-state index in [-0.39, 0.29) is 11.8 Å². The summed E-state index contributed by atoms with van der Waals surface area (Å²) in [7, 11) is 0. The van der Waals surface area contributed by atoms with Crippen LogP contribution in [0.4, 0.5) is 0 Å². The van der Waals surface area contributed by atoms with Crippen molar-refractivity contribution in [2.75, 3.05) is 0 Å². The lowest BCUT2D eigenvalue weighted by molar-refractivity contribution is -0.126. The van der Waals surface area contributed by atoms with E-state index in [9.17, 15) is 4.79 Å². The van der Waals surface area contributed by atoms with E-state index in [1.807, 2.05) is 24.3 Å². The van der Waals surface area contributed by atoms with Crippen molar-refractivity contribution in [3.8, 4) is 0 Å². The van der Waals surface area contributed by atoms with Crippen molar-refractivity contribution in [1.29, 1.82) is 0 Å². The molecule has 1 fully saturated rings. The largest absolute Gasteiger partial charge is 0.352 e. The van der Waals surface area contributed by atoms with E-state index >= 15 is 0 Å². The zero-order valence-corrected chi connectivity index (χ0v) is 14.4. The van der Waals surface area contributed by atoms with Gasteiger partial charge in [0.2, 0.25) is 5.91 Å². The molecule has 0 aliphatic heterocycles. The zero-order valence-electron chi connectivity index (χ0n) is 14.4. The normalized spacial score (nSPS) is 20.7. The van der Waals surface area contributed by atoms with Gasteiger partial charge in [0.05, 0.1) is 0 Å². The first-order valence-corrected chi connectivity index (χ1v) is 8.66. The summed E-state index contributed by atoms with van der Waals surface area (Å²) in [6.45, 7) is 7.67. The summed E-state index contributed by atoms with van der Waals surface area (Å²) >= 11 is 0. The van der Waals surface area contributed by atoms with Gasteiger partial charge in [0.25, 0.3) is 0 Å². The predicted octanol–water partition coefficient (Wildman–Crippen LogP) is 4.00. The molecule has 1 aromatic carbocycles. The quantitative estimate of drug-likeness (QED) is 0.883. The van der Waals surface area contributed by atoms with Crippen LogP contribution in [-0.2, 0) is 17.9 Å². The standard InChI is InChI=1S/C16H24N2O.C3H8/c1-12-3-2-4-15(9-12)16(19)18-11-14-7-5-13(10-17)6-8-14;1-3-2/h5-8,12,15H,2-4,9-11,17H2,1H3,(H,18,19);3H2,1-2H3. The van der Waals surface area contributed by atoms with Gasteiger partial charge in [-0.2, -0.15) is 0 Å². The highest BCUT2D eigenvalue weighted by Crippen LogP contribution is 2.28. The van der Waals surface area contributed by atoms with Gasteiger partial charge < -0.3 is 11.1 Å². The Bertz CT molecular complexity index is 428. The van der Waals surface area contributed by atoms with Crippen molar-refractivity contribution in [1.82, 2.24) is 5.32 Å². The van der Waals surface area contributed by atoms with E-state index in [1.165, 1.54) is 19.3 Å². The molecule has 0 aromatic heterocycles. The topological polar surface area (TPSA) is 55.1 Å². The van der Waals surface area contributed by atoms with E-state index in [1.54, 1.807) is 0 Å². The number of hydrogen-bond donors (Lipinski definition) is 2. The molecular weight excluding hydrogens is 272 g/mol. The second-order valence-electron chi connectivity index (χ2n) is 6.41. The van der Waals surface area contributed by atoms with Crippen molar-refractivity contribution >= 4 is 5.91 Å². The van der Waals surface area contributed by atoms with E-state index in [0.29, 0.717) is 19.0 Å². The lowest BCUT2D eigenvalue weighted by atomic mass is 9.82. The van der Waals surface area contributed by atoms with E-state index < -0.39 is 0 Å². The molecule has 124 valence electrons. The van der Waals surface area contributed by atoms with Gasteiger partial charge in [-0.05, 0) is 29.9 Å². The Morgan fingerprint density at radius 1 is 1.18 bits per heavy atom. The Morgan fingerprint density at radius 3 is 2.32 bits per heavy atom. The van der Waals surface area contributed by atoms with Crippen LogP contribution >= 0.6 is 0 Å². The fourth-order valence-corrected chi connectivity index (χ4v) is 2.80. The maximum Gasteiger partial charge on any atom is 0.223 e. The monoisotopic (exact) mass is 304 g/mol. The molecule has 0 spiro atoms. The van der Waals surface area contributed by atoms with Crippen LogP contribution in [0, 0.1) is 11.8 Å². The Kier molecular flexibility index (Phi) is 8.83. The van der Waals surface area contributed by atoms with E-state index in [0.717, 1.165) is 24.0 Å². The third-order valence-electron chi connectivity index (χ3n) is 4.03. The van der Waals surface area contributed by atoms with E-state index in [4.69, 9.17) is 5.73 Å². The maximum absolute atomic E-state index is 12.1. The molecule has 2 unspecified atom stereocenters. The van der Waals surface area contributed by atoms with Gasteiger partial charge in [0.1, 0.15) is 0 Å². The molecule has 2 atom stereocenters. The second-order valence-corrected chi connectivity index (χ2v) is 6.41. The number of nitrogens with two attached hydrogens (primary N) is 1. The third-order valence-corrected chi connectivity index (χ3v) is 4.03. The SMILES string of the molecule is CC1CCCC(C(=O)NCc2ccc(CN)cc2)C1.CCC. The van der Waals surface area contributed by atoms with Crippen molar-refractivity contribution in [3.05, 3.63) is 35.4 Å². The van der Waals surface area contributed by atoms with Crippen LogP contribution < -0.4 is 11.1 Å². The average Bonchev–Trinajstić information content (AvgIpc) is 2.54. The lowest BCUT2D eigenvalue weighted by Crippen LogP contribution is -2.33. The lowest BCUT2D eigenvalue weighted by Gasteiger charge is -2.25.